The maximum absolute atomic E-state index is 11.5. The average Bonchev–Trinajstić information content (AvgIpc) is 2.28. The molecule has 0 unspecified atom stereocenters. The first-order valence-electron chi connectivity index (χ1n) is 5.40. The Labute approximate surface area is 111 Å². The Hall–Kier alpha value is -2.11. The van der Waals surface area contributed by atoms with Gasteiger partial charge in [-0.15, -0.1) is 0 Å². The summed E-state index contributed by atoms with van der Waals surface area (Å²) in [5, 5.41) is 18.5. The molecular weight excluding hydrogens is 268 g/mol. The van der Waals surface area contributed by atoms with Crippen LogP contribution in [0.5, 0.6) is 0 Å². The number of nitrogens with one attached hydrogen (secondary N) is 2. The standard InChI is InChI=1S/C11H14N4O3S/c1-8(6-7-12)14-11(16)15-9-2-4-10(5-3-9)19(13,17)18/h2-5,8H,6H2,1H3,(H2,13,17,18)(H2,14,15,16)/t8-/m0/s1. The predicted molar refractivity (Wildman–Crippen MR) is 69.7 cm³/mol. The van der Waals surface area contributed by atoms with Gasteiger partial charge < -0.3 is 10.6 Å². The minimum absolute atomic E-state index is 0.0312. The van der Waals surface area contributed by atoms with Crippen LogP contribution in [-0.2, 0) is 10.0 Å². The summed E-state index contributed by atoms with van der Waals surface area (Å²) >= 11 is 0. The number of nitrogens with zero attached hydrogens (tertiary/aromatic N) is 1. The molecule has 1 aromatic carbocycles. The van der Waals surface area contributed by atoms with E-state index in [4.69, 9.17) is 10.4 Å². The second kappa shape index (κ2) is 6.17. The van der Waals surface area contributed by atoms with Crippen molar-refractivity contribution in [1.29, 1.82) is 5.26 Å². The third-order valence-electron chi connectivity index (χ3n) is 2.22. The second-order valence-corrected chi connectivity index (χ2v) is 5.49. The molecule has 4 N–H and O–H groups in total. The van der Waals surface area contributed by atoms with E-state index < -0.39 is 16.1 Å². The number of rotatable bonds is 4. The topological polar surface area (TPSA) is 125 Å². The number of nitriles is 1. The quantitative estimate of drug-likeness (QED) is 0.753. The van der Waals surface area contributed by atoms with E-state index in [0.717, 1.165) is 0 Å². The molecule has 0 saturated heterocycles. The van der Waals surface area contributed by atoms with Crippen molar-refractivity contribution in [3.63, 3.8) is 0 Å². The number of amides is 2. The molecule has 0 bridgehead atoms. The molecule has 2 amide bonds. The van der Waals surface area contributed by atoms with Crippen molar-refractivity contribution in [1.82, 2.24) is 5.32 Å². The summed E-state index contributed by atoms with van der Waals surface area (Å²) in [6.45, 7) is 1.70. The van der Waals surface area contributed by atoms with Crippen molar-refractivity contribution in [2.24, 2.45) is 5.14 Å². The zero-order valence-corrected chi connectivity index (χ0v) is 11.1. The Kier molecular flexibility index (Phi) is 4.86. The molecule has 7 nitrogen and oxygen atoms in total. The monoisotopic (exact) mass is 282 g/mol. The van der Waals surface area contributed by atoms with Gasteiger partial charge in [0, 0.05) is 11.7 Å². The van der Waals surface area contributed by atoms with Crippen LogP contribution in [0.25, 0.3) is 0 Å². The molecule has 0 radical (unpaired) electrons. The number of carbonyl (C=O) groups is 1. The molecule has 19 heavy (non-hydrogen) atoms. The molecule has 102 valence electrons. The van der Waals surface area contributed by atoms with Gasteiger partial charge in [-0.25, -0.2) is 18.4 Å². The van der Waals surface area contributed by atoms with Gasteiger partial charge in [0.05, 0.1) is 17.4 Å². The number of benzene rings is 1. The minimum atomic E-state index is -3.74. The highest BCUT2D eigenvalue weighted by Gasteiger charge is 2.09. The van der Waals surface area contributed by atoms with Gasteiger partial charge in [0.2, 0.25) is 10.0 Å². The maximum Gasteiger partial charge on any atom is 0.319 e. The van der Waals surface area contributed by atoms with Crippen LogP contribution in [0.4, 0.5) is 10.5 Å². The van der Waals surface area contributed by atoms with Crippen molar-refractivity contribution in [3.05, 3.63) is 24.3 Å². The zero-order valence-electron chi connectivity index (χ0n) is 10.3. The molecule has 0 aliphatic carbocycles. The summed E-state index contributed by atoms with van der Waals surface area (Å²) in [4.78, 5) is 11.5. The highest BCUT2D eigenvalue weighted by atomic mass is 32.2. The van der Waals surface area contributed by atoms with Crippen molar-refractivity contribution >= 4 is 21.7 Å². The molecule has 8 heteroatoms. The first kappa shape index (κ1) is 14.9. The molecule has 0 heterocycles. The second-order valence-electron chi connectivity index (χ2n) is 3.93. The Bertz CT molecular complexity index is 589. The van der Waals surface area contributed by atoms with E-state index in [1.807, 2.05) is 6.07 Å². The largest absolute Gasteiger partial charge is 0.334 e. The molecule has 0 fully saturated rings. The molecule has 1 rings (SSSR count). The Morgan fingerprint density at radius 3 is 2.47 bits per heavy atom. The fourth-order valence-corrected chi connectivity index (χ4v) is 1.82. The van der Waals surface area contributed by atoms with Crippen molar-refractivity contribution in [2.45, 2.75) is 24.3 Å². The summed E-state index contributed by atoms with van der Waals surface area (Å²) in [6.07, 6.45) is 0.206. The normalized spacial score (nSPS) is 12.3. The van der Waals surface area contributed by atoms with Crippen LogP contribution in [0.1, 0.15) is 13.3 Å². The Balaban J connectivity index is 2.64. The van der Waals surface area contributed by atoms with Gasteiger partial charge in [0.1, 0.15) is 0 Å². The summed E-state index contributed by atoms with van der Waals surface area (Å²) in [5.41, 5.74) is 0.425. The molecule has 1 atom stereocenters. The number of carbonyl (C=O) groups excluding carboxylic acids is 1. The summed E-state index contributed by atoms with van der Waals surface area (Å²) in [5.74, 6) is 0. The van der Waals surface area contributed by atoms with Crippen LogP contribution >= 0.6 is 0 Å². The highest BCUT2D eigenvalue weighted by Crippen LogP contribution is 2.12. The first-order chi connectivity index (χ1) is 8.82. The van der Waals surface area contributed by atoms with Crippen LogP contribution in [0.3, 0.4) is 0 Å². The molecule has 0 spiro atoms. The Morgan fingerprint density at radius 1 is 1.42 bits per heavy atom. The van der Waals surface area contributed by atoms with E-state index in [2.05, 4.69) is 10.6 Å². The number of nitrogens with two attached hydrogens (primary N) is 1. The lowest BCUT2D eigenvalue weighted by Crippen LogP contribution is -2.35. The smallest absolute Gasteiger partial charge is 0.319 e. The van der Waals surface area contributed by atoms with E-state index in [0.29, 0.717) is 5.69 Å². The number of urea groups is 1. The van der Waals surface area contributed by atoms with Gasteiger partial charge in [0.15, 0.2) is 0 Å². The summed E-state index contributed by atoms with van der Waals surface area (Å²) in [6, 6.07) is 6.64. The number of hydrogen-bond donors (Lipinski definition) is 3. The number of anilines is 1. The van der Waals surface area contributed by atoms with Crippen LogP contribution in [0.2, 0.25) is 0 Å². The SMILES string of the molecule is C[C@@H](CC#N)NC(=O)Nc1ccc(S(N)(=O)=O)cc1. The van der Waals surface area contributed by atoms with Crippen LogP contribution in [-0.4, -0.2) is 20.5 Å². The molecule has 0 aromatic heterocycles. The van der Waals surface area contributed by atoms with Crippen LogP contribution < -0.4 is 15.8 Å². The molecule has 1 aromatic rings. The van der Waals surface area contributed by atoms with Gasteiger partial charge >= 0.3 is 6.03 Å². The maximum atomic E-state index is 11.5. The third-order valence-corrected chi connectivity index (χ3v) is 3.14. The van der Waals surface area contributed by atoms with Crippen LogP contribution in [0.15, 0.2) is 29.2 Å². The van der Waals surface area contributed by atoms with Gasteiger partial charge in [-0.3, -0.25) is 0 Å². The fourth-order valence-electron chi connectivity index (χ4n) is 1.31. The van der Waals surface area contributed by atoms with Gasteiger partial charge in [-0.2, -0.15) is 5.26 Å². The molecule has 0 aliphatic heterocycles. The molecular formula is C11H14N4O3S. The lowest BCUT2D eigenvalue weighted by molar-refractivity contribution is 0.249. The van der Waals surface area contributed by atoms with Crippen molar-refractivity contribution in [2.75, 3.05) is 5.32 Å². The van der Waals surface area contributed by atoms with E-state index in [1.165, 1.54) is 24.3 Å². The van der Waals surface area contributed by atoms with Gasteiger partial charge in [-0.1, -0.05) is 0 Å². The minimum Gasteiger partial charge on any atom is -0.334 e. The summed E-state index contributed by atoms with van der Waals surface area (Å²) < 4.78 is 22.1. The lowest BCUT2D eigenvalue weighted by atomic mass is 10.2. The number of hydrogen-bond acceptors (Lipinski definition) is 4. The first-order valence-corrected chi connectivity index (χ1v) is 6.95. The molecule has 0 aliphatic rings. The van der Waals surface area contributed by atoms with E-state index in [1.54, 1.807) is 6.92 Å². The van der Waals surface area contributed by atoms with Crippen molar-refractivity contribution in [3.8, 4) is 6.07 Å². The van der Waals surface area contributed by atoms with E-state index in [-0.39, 0.29) is 17.4 Å². The Morgan fingerprint density at radius 2 is 2.00 bits per heavy atom. The summed E-state index contributed by atoms with van der Waals surface area (Å²) in [7, 11) is -3.74. The third kappa shape index (κ3) is 4.95. The highest BCUT2D eigenvalue weighted by molar-refractivity contribution is 7.89. The zero-order chi connectivity index (χ0) is 14.5. The number of sulfonamides is 1. The van der Waals surface area contributed by atoms with E-state index in [9.17, 15) is 13.2 Å². The molecule has 0 saturated carbocycles. The number of primary sulfonamides is 1. The van der Waals surface area contributed by atoms with Gasteiger partial charge in [-0.05, 0) is 31.2 Å². The van der Waals surface area contributed by atoms with Crippen molar-refractivity contribution < 1.29 is 13.2 Å². The van der Waals surface area contributed by atoms with Crippen LogP contribution in [0, 0.1) is 11.3 Å². The lowest BCUT2D eigenvalue weighted by Gasteiger charge is -2.11. The van der Waals surface area contributed by atoms with E-state index >= 15 is 0 Å². The fraction of sp³-hybridized carbons (Fsp3) is 0.273. The van der Waals surface area contributed by atoms with Gasteiger partial charge in [0.25, 0.3) is 0 Å². The predicted octanol–water partition coefficient (Wildman–Crippen LogP) is 0.758. The average molecular weight is 282 g/mol.